The highest BCUT2D eigenvalue weighted by molar-refractivity contribution is 5.93. The third-order valence-corrected chi connectivity index (χ3v) is 4.68. The number of amides is 1. The van der Waals surface area contributed by atoms with Gasteiger partial charge >= 0.3 is 0 Å². The molecule has 1 atom stereocenters. The highest BCUT2D eigenvalue weighted by atomic mass is 16.5. The zero-order chi connectivity index (χ0) is 18.0. The number of aromatic nitrogens is 5. The number of hydrogen-bond donors (Lipinski definition) is 0. The summed E-state index contributed by atoms with van der Waals surface area (Å²) < 4.78 is 5.44. The number of carbonyl (C=O) groups excluding carboxylic acids is 1. The molecule has 3 aromatic heterocycles. The van der Waals surface area contributed by atoms with E-state index in [1.54, 1.807) is 12.4 Å². The van der Waals surface area contributed by atoms with Gasteiger partial charge in [0.25, 0.3) is 11.8 Å². The van der Waals surface area contributed by atoms with Crippen LogP contribution in [0.4, 0.5) is 0 Å². The molecule has 0 radical (unpaired) electrons. The first-order valence-electron chi connectivity index (χ1n) is 8.45. The molecule has 0 bridgehead atoms. The molecule has 8 heteroatoms. The summed E-state index contributed by atoms with van der Waals surface area (Å²) >= 11 is 0. The standard InChI is InChI=1S/C18H18N6O2/c1-18(17-22-15(26-23-17)13-3-6-19-7-4-13)5-2-8-24(11-18)16(25)14-9-20-12-21-10-14/h3-4,6-7,9-10,12H,2,5,8,11H2,1H3. The Morgan fingerprint density at radius 2 is 1.96 bits per heavy atom. The van der Waals surface area contributed by atoms with Crippen molar-refractivity contribution in [2.75, 3.05) is 13.1 Å². The van der Waals surface area contributed by atoms with Gasteiger partial charge in [-0.3, -0.25) is 9.78 Å². The molecule has 0 aliphatic carbocycles. The van der Waals surface area contributed by atoms with Crippen molar-refractivity contribution in [3.63, 3.8) is 0 Å². The predicted octanol–water partition coefficient (Wildman–Crippen LogP) is 2.12. The molecular formula is C18H18N6O2. The second-order valence-electron chi connectivity index (χ2n) is 6.68. The van der Waals surface area contributed by atoms with E-state index in [9.17, 15) is 4.79 Å². The van der Waals surface area contributed by atoms with Crippen molar-refractivity contribution < 1.29 is 9.32 Å². The quantitative estimate of drug-likeness (QED) is 0.713. The van der Waals surface area contributed by atoms with Gasteiger partial charge in [-0.25, -0.2) is 9.97 Å². The molecule has 1 unspecified atom stereocenters. The van der Waals surface area contributed by atoms with Gasteiger partial charge in [0, 0.05) is 48.9 Å². The van der Waals surface area contributed by atoms with Gasteiger partial charge < -0.3 is 9.42 Å². The Labute approximate surface area is 150 Å². The van der Waals surface area contributed by atoms with Crippen LogP contribution in [0.15, 0.2) is 47.8 Å². The zero-order valence-corrected chi connectivity index (χ0v) is 14.4. The van der Waals surface area contributed by atoms with E-state index in [2.05, 4.69) is 32.0 Å². The molecule has 3 aromatic rings. The predicted molar refractivity (Wildman–Crippen MR) is 92.1 cm³/mol. The van der Waals surface area contributed by atoms with Crippen LogP contribution in [0.25, 0.3) is 11.5 Å². The fourth-order valence-electron chi connectivity index (χ4n) is 3.27. The maximum atomic E-state index is 12.7. The van der Waals surface area contributed by atoms with E-state index < -0.39 is 0 Å². The van der Waals surface area contributed by atoms with Crippen molar-refractivity contribution in [3.05, 3.63) is 54.6 Å². The molecular weight excluding hydrogens is 332 g/mol. The Morgan fingerprint density at radius 3 is 2.73 bits per heavy atom. The van der Waals surface area contributed by atoms with Gasteiger partial charge in [0.05, 0.1) is 5.56 Å². The van der Waals surface area contributed by atoms with Crippen LogP contribution in [0.1, 0.15) is 35.9 Å². The van der Waals surface area contributed by atoms with Gasteiger partial charge in [-0.05, 0) is 25.0 Å². The number of rotatable bonds is 3. The fraction of sp³-hybridized carbons (Fsp3) is 0.333. The minimum Gasteiger partial charge on any atom is -0.338 e. The lowest BCUT2D eigenvalue weighted by Crippen LogP contribution is -2.47. The third-order valence-electron chi connectivity index (χ3n) is 4.68. The topological polar surface area (TPSA) is 97.9 Å². The first-order chi connectivity index (χ1) is 12.7. The van der Waals surface area contributed by atoms with Crippen LogP contribution in [0, 0.1) is 0 Å². The summed E-state index contributed by atoms with van der Waals surface area (Å²) in [5, 5.41) is 4.19. The smallest absolute Gasteiger partial charge is 0.258 e. The van der Waals surface area contributed by atoms with Crippen molar-refractivity contribution in [3.8, 4) is 11.5 Å². The largest absolute Gasteiger partial charge is 0.338 e. The average Bonchev–Trinajstić information content (AvgIpc) is 3.20. The number of pyridine rings is 1. The Balaban J connectivity index is 1.56. The second-order valence-corrected chi connectivity index (χ2v) is 6.68. The summed E-state index contributed by atoms with van der Waals surface area (Å²) in [6.07, 6.45) is 9.62. The van der Waals surface area contributed by atoms with Crippen LogP contribution < -0.4 is 0 Å². The van der Waals surface area contributed by atoms with Crippen LogP contribution in [0.3, 0.4) is 0 Å². The third kappa shape index (κ3) is 3.05. The molecule has 0 aromatic carbocycles. The average molecular weight is 350 g/mol. The van der Waals surface area contributed by atoms with Crippen LogP contribution >= 0.6 is 0 Å². The van der Waals surface area contributed by atoms with Crippen molar-refractivity contribution >= 4 is 5.91 Å². The molecule has 1 saturated heterocycles. The summed E-state index contributed by atoms with van der Waals surface area (Å²) in [6.45, 7) is 3.28. The van der Waals surface area contributed by atoms with Crippen LogP contribution in [-0.2, 0) is 5.41 Å². The summed E-state index contributed by atoms with van der Waals surface area (Å²) in [5.74, 6) is 1.00. The van der Waals surface area contributed by atoms with Gasteiger partial charge in [0.15, 0.2) is 5.82 Å². The molecule has 0 saturated carbocycles. The van der Waals surface area contributed by atoms with E-state index in [0.29, 0.717) is 30.4 Å². The minimum absolute atomic E-state index is 0.0747. The van der Waals surface area contributed by atoms with Crippen LogP contribution in [0.2, 0.25) is 0 Å². The molecule has 0 N–H and O–H groups in total. The molecule has 4 rings (SSSR count). The molecule has 1 aliphatic rings. The van der Waals surface area contributed by atoms with Crippen LogP contribution in [0.5, 0.6) is 0 Å². The van der Waals surface area contributed by atoms with Gasteiger partial charge in [0.1, 0.15) is 6.33 Å². The van der Waals surface area contributed by atoms with Gasteiger partial charge in [0.2, 0.25) is 0 Å². The maximum absolute atomic E-state index is 12.7. The molecule has 1 fully saturated rings. The van der Waals surface area contributed by atoms with Crippen molar-refractivity contribution in [2.24, 2.45) is 0 Å². The first kappa shape index (κ1) is 16.3. The zero-order valence-electron chi connectivity index (χ0n) is 14.4. The Kier molecular flexibility index (Phi) is 4.16. The van der Waals surface area contributed by atoms with Crippen molar-refractivity contribution in [1.82, 2.24) is 30.0 Å². The number of hydrogen-bond acceptors (Lipinski definition) is 7. The molecule has 1 amide bonds. The lowest BCUT2D eigenvalue weighted by Gasteiger charge is -2.38. The lowest BCUT2D eigenvalue weighted by atomic mass is 9.81. The summed E-state index contributed by atoms with van der Waals surface area (Å²) in [4.78, 5) is 31.0. The summed E-state index contributed by atoms with van der Waals surface area (Å²) in [7, 11) is 0. The van der Waals surface area contributed by atoms with Crippen LogP contribution in [-0.4, -0.2) is 49.0 Å². The van der Waals surface area contributed by atoms with E-state index in [1.165, 1.54) is 18.7 Å². The highest BCUT2D eigenvalue weighted by Gasteiger charge is 2.38. The Morgan fingerprint density at radius 1 is 1.19 bits per heavy atom. The fourth-order valence-corrected chi connectivity index (χ4v) is 3.27. The number of likely N-dealkylation sites (tertiary alicyclic amines) is 1. The van der Waals surface area contributed by atoms with Crippen molar-refractivity contribution in [1.29, 1.82) is 0 Å². The van der Waals surface area contributed by atoms with Gasteiger partial charge in [-0.2, -0.15) is 4.98 Å². The molecule has 1 aliphatic heterocycles. The lowest BCUT2D eigenvalue weighted by molar-refractivity contribution is 0.0641. The van der Waals surface area contributed by atoms with E-state index >= 15 is 0 Å². The van der Waals surface area contributed by atoms with Gasteiger partial charge in [-0.15, -0.1) is 0 Å². The number of nitrogens with zero attached hydrogens (tertiary/aromatic N) is 6. The SMILES string of the molecule is CC1(c2noc(-c3ccncc3)n2)CCCN(C(=O)c2cncnc2)C1. The normalized spacial score (nSPS) is 20.1. The van der Waals surface area contributed by atoms with Crippen molar-refractivity contribution in [2.45, 2.75) is 25.2 Å². The van der Waals surface area contributed by atoms with E-state index in [1.807, 2.05) is 17.0 Å². The number of piperidine rings is 1. The molecule has 26 heavy (non-hydrogen) atoms. The minimum atomic E-state index is -0.363. The maximum Gasteiger partial charge on any atom is 0.258 e. The van der Waals surface area contributed by atoms with E-state index in [4.69, 9.17) is 4.52 Å². The summed E-state index contributed by atoms with van der Waals surface area (Å²) in [6, 6.07) is 3.65. The molecule has 0 spiro atoms. The van der Waals surface area contributed by atoms with E-state index in [0.717, 1.165) is 18.4 Å². The first-order valence-corrected chi connectivity index (χ1v) is 8.45. The monoisotopic (exact) mass is 350 g/mol. The molecule has 132 valence electrons. The highest BCUT2D eigenvalue weighted by Crippen LogP contribution is 2.33. The van der Waals surface area contributed by atoms with Gasteiger partial charge in [-0.1, -0.05) is 12.1 Å². The Bertz CT molecular complexity index is 898. The molecule has 4 heterocycles. The second kappa shape index (κ2) is 6.62. The summed E-state index contributed by atoms with van der Waals surface area (Å²) in [5.41, 5.74) is 0.952. The van der Waals surface area contributed by atoms with E-state index in [-0.39, 0.29) is 11.3 Å². The molecule has 8 nitrogen and oxygen atoms in total. The number of carbonyl (C=O) groups is 1. The Hall–Kier alpha value is -3.16.